The zero-order valence-corrected chi connectivity index (χ0v) is 15.6. The molecule has 2 aliphatic rings. The lowest BCUT2D eigenvalue weighted by atomic mass is 10.1. The molecule has 2 fully saturated rings. The minimum absolute atomic E-state index is 0.0157. The fraction of sp³-hybridized carbons (Fsp3) is 0.444. The molecule has 10 heteroatoms. The number of ketones is 1. The molecule has 1 unspecified atom stereocenters. The number of carbonyl (C=O) groups excluding carboxylic acids is 1. The molecule has 28 heavy (non-hydrogen) atoms. The topological polar surface area (TPSA) is 111 Å². The molecule has 1 saturated carbocycles. The van der Waals surface area contributed by atoms with E-state index in [9.17, 15) is 24.1 Å². The summed E-state index contributed by atoms with van der Waals surface area (Å²) in [4.78, 5) is 36.7. The molecular weight excluding hydrogens is 391 g/mol. The number of nitro groups is 1. The predicted molar refractivity (Wildman–Crippen MR) is 102 cm³/mol. The number of nitrogens with zero attached hydrogens (tertiary/aromatic N) is 3. The van der Waals surface area contributed by atoms with E-state index >= 15 is 0 Å². The van der Waals surface area contributed by atoms with E-state index in [2.05, 4.69) is 0 Å². The van der Waals surface area contributed by atoms with Crippen molar-refractivity contribution in [1.29, 1.82) is 0 Å². The van der Waals surface area contributed by atoms with Crippen molar-refractivity contribution in [2.24, 2.45) is 5.73 Å². The molecule has 1 saturated heterocycles. The number of benzene rings is 1. The van der Waals surface area contributed by atoms with Crippen LogP contribution in [0.15, 0.2) is 17.1 Å². The Kier molecular flexibility index (Phi) is 4.59. The van der Waals surface area contributed by atoms with Crippen LogP contribution in [0.2, 0.25) is 5.02 Å². The van der Waals surface area contributed by atoms with Crippen LogP contribution in [0.4, 0.5) is 10.1 Å². The first kappa shape index (κ1) is 18.8. The van der Waals surface area contributed by atoms with Crippen LogP contribution < -0.4 is 16.1 Å². The molecule has 1 aliphatic carbocycles. The summed E-state index contributed by atoms with van der Waals surface area (Å²) >= 11 is 6.56. The van der Waals surface area contributed by atoms with Crippen LogP contribution in [-0.2, 0) is 0 Å². The van der Waals surface area contributed by atoms with E-state index in [0.717, 1.165) is 18.9 Å². The molecular formula is C18H18ClFN4O4. The van der Waals surface area contributed by atoms with Crippen molar-refractivity contribution in [3.8, 4) is 0 Å². The van der Waals surface area contributed by atoms with Crippen molar-refractivity contribution in [2.45, 2.75) is 31.3 Å². The summed E-state index contributed by atoms with van der Waals surface area (Å²) in [5.41, 5.74) is 5.41. The lowest BCUT2D eigenvalue weighted by molar-refractivity contribution is -0.465. The van der Waals surface area contributed by atoms with Gasteiger partial charge in [-0.15, -0.1) is 0 Å². The monoisotopic (exact) mass is 408 g/mol. The summed E-state index contributed by atoms with van der Waals surface area (Å²) in [5, 5.41) is 10.7. The summed E-state index contributed by atoms with van der Waals surface area (Å²) in [5.74, 6) is -1.58. The van der Waals surface area contributed by atoms with Gasteiger partial charge in [-0.1, -0.05) is 11.6 Å². The Morgan fingerprint density at radius 2 is 2.11 bits per heavy atom. The first-order valence-corrected chi connectivity index (χ1v) is 9.38. The van der Waals surface area contributed by atoms with E-state index in [1.807, 2.05) is 0 Å². The number of Topliss-reactive ketones (excluding diaryl/α,β-unsaturated/α-hetero) is 1. The number of carbonyl (C=O) groups is 1. The van der Waals surface area contributed by atoms with Gasteiger partial charge in [0.15, 0.2) is 0 Å². The molecule has 0 amide bonds. The van der Waals surface area contributed by atoms with Crippen molar-refractivity contribution >= 4 is 34.0 Å². The van der Waals surface area contributed by atoms with Gasteiger partial charge >= 0.3 is 0 Å². The maximum atomic E-state index is 14.9. The fourth-order valence-electron chi connectivity index (χ4n) is 3.75. The number of aromatic nitrogens is 1. The van der Waals surface area contributed by atoms with Gasteiger partial charge in [-0.2, -0.15) is 0 Å². The third-order valence-corrected chi connectivity index (χ3v) is 5.60. The number of nitrogens with two attached hydrogens (primary N) is 1. The van der Waals surface area contributed by atoms with Gasteiger partial charge < -0.3 is 15.2 Å². The van der Waals surface area contributed by atoms with Crippen molar-refractivity contribution in [3.05, 3.63) is 49.0 Å². The average molecular weight is 409 g/mol. The minimum Gasteiger partial charge on any atom is -0.366 e. The van der Waals surface area contributed by atoms with Crippen LogP contribution in [0.1, 0.15) is 35.7 Å². The third kappa shape index (κ3) is 3.14. The third-order valence-electron chi connectivity index (χ3n) is 5.24. The van der Waals surface area contributed by atoms with Crippen molar-refractivity contribution in [2.75, 3.05) is 24.5 Å². The van der Waals surface area contributed by atoms with Gasteiger partial charge in [-0.05, 0) is 25.3 Å². The first-order chi connectivity index (χ1) is 13.3. The molecule has 0 radical (unpaired) electrons. The smallest absolute Gasteiger partial charge is 0.266 e. The Hall–Kier alpha value is -2.52. The van der Waals surface area contributed by atoms with Crippen LogP contribution in [0.25, 0.3) is 10.9 Å². The van der Waals surface area contributed by atoms with Crippen LogP contribution in [-0.4, -0.2) is 40.9 Å². The SMILES string of the molecule is NC1CCN(c2c(F)cc3c(=O)c(C(=O)C[N+](=O)[O-])cn(C4CC4)c3c2Cl)C1. The maximum Gasteiger partial charge on any atom is 0.266 e. The highest BCUT2D eigenvalue weighted by molar-refractivity contribution is 6.38. The highest BCUT2D eigenvalue weighted by atomic mass is 35.5. The number of halogens is 2. The summed E-state index contributed by atoms with van der Waals surface area (Å²) in [6.45, 7) is 0.0109. The Balaban J connectivity index is 1.95. The lowest BCUT2D eigenvalue weighted by Gasteiger charge is -2.23. The van der Waals surface area contributed by atoms with Crippen LogP contribution in [0.5, 0.6) is 0 Å². The van der Waals surface area contributed by atoms with Gasteiger partial charge in [-0.25, -0.2) is 4.39 Å². The Labute approximate surface area is 163 Å². The fourth-order valence-corrected chi connectivity index (χ4v) is 4.16. The Morgan fingerprint density at radius 3 is 2.68 bits per heavy atom. The summed E-state index contributed by atoms with van der Waals surface area (Å²) in [6, 6.07) is 1.01. The van der Waals surface area contributed by atoms with Crippen LogP contribution in [0, 0.1) is 15.9 Å². The van der Waals surface area contributed by atoms with Gasteiger partial charge in [-0.3, -0.25) is 19.7 Å². The largest absolute Gasteiger partial charge is 0.366 e. The molecule has 2 heterocycles. The number of anilines is 1. The number of rotatable bonds is 5. The number of hydrogen-bond donors (Lipinski definition) is 1. The second-order valence-electron chi connectivity index (χ2n) is 7.34. The summed E-state index contributed by atoms with van der Waals surface area (Å²) < 4.78 is 16.6. The molecule has 1 aromatic carbocycles. The standard InChI is InChI=1S/C18H18ClFN4O4/c19-15-16-11(5-13(20)17(15)22-4-3-9(21)6-22)18(26)12(14(25)8-24(27)28)7-23(16)10-1-2-10/h5,7,9-10H,1-4,6,8,21H2. The Morgan fingerprint density at radius 1 is 1.39 bits per heavy atom. The van der Waals surface area contributed by atoms with Gasteiger partial charge in [0.05, 0.1) is 27.2 Å². The van der Waals surface area contributed by atoms with Gasteiger partial charge in [0.2, 0.25) is 11.2 Å². The van der Waals surface area contributed by atoms with Crippen LogP contribution >= 0.6 is 11.6 Å². The highest BCUT2D eigenvalue weighted by Gasteiger charge is 2.32. The van der Waals surface area contributed by atoms with E-state index in [1.54, 1.807) is 9.47 Å². The zero-order valence-electron chi connectivity index (χ0n) is 14.9. The molecule has 1 atom stereocenters. The number of hydrogen-bond acceptors (Lipinski definition) is 6. The van der Waals surface area contributed by atoms with E-state index in [0.29, 0.717) is 25.0 Å². The molecule has 2 aromatic rings. The van der Waals surface area contributed by atoms with Crippen molar-refractivity contribution < 1.29 is 14.1 Å². The summed E-state index contributed by atoms with van der Waals surface area (Å²) in [7, 11) is 0. The van der Waals surface area contributed by atoms with Crippen molar-refractivity contribution in [3.63, 3.8) is 0 Å². The van der Waals surface area contributed by atoms with Gasteiger partial charge in [0.25, 0.3) is 6.54 Å². The highest BCUT2D eigenvalue weighted by Crippen LogP contribution is 2.42. The number of pyridine rings is 1. The molecule has 4 rings (SSSR count). The Bertz CT molecular complexity index is 1070. The van der Waals surface area contributed by atoms with E-state index in [4.69, 9.17) is 17.3 Å². The zero-order chi connectivity index (χ0) is 20.2. The predicted octanol–water partition coefficient (Wildman–Crippen LogP) is 2.13. The van der Waals surface area contributed by atoms with E-state index in [-0.39, 0.29) is 33.7 Å². The average Bonchev–Trinajstić information content (AvgIpc) is 3.37. The number of fused-ring (bicyclic) bond motifs is 1. The van der Waals surface area contributed by atoms with Crippen molar-refractivity contribution in [1.82, 2.24) is 4.57 Å². The molecule has 8 nitrogen and oxygen atoms in total. The molecule has 0 bridgehead atoms. The van der Waals surface area contributed by atoms with E-state index in [1.165, 1.54) is 6.20 Å². The molecule has 1 aromatic heterocycles. The normalized spacial score (nSPS) is 19.4. The maximum absolute atomic E-state index is 14.9. The molecule has 0 spiro atoms. The lowest BCUT2D eigenvalue weighted by Crippen LogP contribution is -2.28. The minimum atomic E-state index is -0.995. The van der Waals surface area contributed by atoms with Gasteiger partial charge in [0, 0.05) is 36.3 Å². The quantitative estimate of drug-likeness (QED) is 0.461. The second kappa shape index (κ2) is 6.82. The first-order valence-electron chi connectivity index (χ1n) is 9.00. The van der Waals surface area contributed by atoms with Gasteiger partial charge in [0.1, 0.15) is 5.82 Å². The molecule has 2 N–H and O–H groups in total. The molecule has 148 valence electrons. The second-order valence-corrected chi connectivity index (χ2v) is 7.71. The molecule has 1 aliphatic heterocycles. The summed E-state index contributed by atoms with van der Waals surface area (Å²) in [6.07, 6.45) is 3.67. The van der Waals surface area contributed by atoms with Crippen LogP contribution in [0.3, 0.4) is 0 Å². The van der Waals surface area contributed by atoms with E-state index < -0.39 is 28.5 Å².